The van der Waals surface area contributed by atoms with Gasteiger partial charge in [-0.15, -0.1) is 0 Å². The first-order valence-electron chi connectivity index (χ1n) is 12.6. The standard InChI is InChI=1S/C30H29Br2N3O4S/c1-6-38-25-13-20(14-26-29(37)35-30(40-26)34-23-8-7-16(2)9-19(23)5)12-22(32)28(25)39-15-27(36)33-24-11-18(4)17(3)10-21(24)31/h7-14H,6,15H2,1-5H3,(H,33,36)(H,34,35,37)/b26-14+. The van der Waals surface area contributed by atoms with Crippen LogP contribution >= 0.6 is 43.6 Å². The minimum atomic E-state index is -0.306. The van der Waals surface area contributed by atoms with E-state index in [1.165, 1.54) is 11.8 Å². The van der Waals surface area contributed by atoms with Crippen molar-refractivity contribution < 1.29 is 19.1 Å². The van der Waals surface area contributed by atoms with E-state index >= 15 is 0 Å². The van der Waals surface area contributed by atoms with Crippen LogP contribution < -0.4 is 20.1 Å². The van der Waals surface area contributed by atoms with E-state index < -0.39 is 0 Å². The maximum atomic E-state index is 12.7. The van der Waals surface area contributed by atoms with Crippen LogP contribution in [0.2, 0.25) is 0 Å². The van der Waals surface area contributed by atoms with E-state index in [-0.39, 0.29) is 18.4 Å². The number of hydrogen-bond donors (Lipinski definition) is 2. The topological polar surface area (TPSA) is 89.0 Å². The van der Waals surface area contributed by atoms with Gasteiger partial charge in [-0.25, -0.2) is 4.99 Å². The van der Waals surface area contributed by atoms with Crippen molar-refractivity contribution in [1.29, 1.82) is 0 Å². The molecule has 40 heavy (non-hydrogen) atoms. The first kappa shape index (κ1) is 29.9. The molecule has 1 heterocycles. The Labute approximate surface area is 255 Å². The van der Waals surface area contributed by atoms with Gasteiger partial charge in [-0.2, -0.15) is 0 Å². The van der Waals surface area contributed by atoms with Crippen LogP contribution in [0.1, 0.15) is 34.7 Å². The monoisotopic (exact) mass is 685 g/mol. The van der Waals surface area contributed by atoms with E-state index in [0.717, 1.165) is 38.0 Å². The third kappa shape index (κ3) is 7.35. The molecule has 3 aromatic carbocycles. The second kappa shape index (κ2) is 13.1. The summed E-state index contributed by atoms with van der Waals surface area (Å²) in [6, 6.07) is 13.5. The number of aliphatic imine (C=N–C) groups is 1. The molecule has 10 heteroatoms. The van der Waals surface area contributed by atoms with Gasteiger partial charge in [0.1, 0.15) is 0 Å². The number of hydrogen-bond acceptors (Lipinski definition) is 6. The smallest absolute Gasteiger partial charge is 0.264 e. The number of nitrogens with one attached hydrogen (secondary N) is 2. The van der Waals surface area contributed by atoms with Gasteiger partial charge in [-0.1, -0.05) is 17.7 Å². The van der Waals surface area contributed by atoms with Crippen LogP contribution in [-0.2, 0) is 9.59 Å². The van der Waals surface area contributed by atoms with Crippen molar-refractivity contribution in [3.63, 3.8) is 0 Å². The number of aryl methyl sites for hydroxylation is 4. The van der Waals surface area contributed by atoms with Gasteiger partial charge in [-0.3, -0.25) is 9.59 Å². The summed E-state index contributed by atoms with van der Waals surface area (Å²) in [5.74, 6) is 0.326. The second-order valence-electron chi connectivity index (χ2n) is 9.29. The summed E-state index contributed by atoms with van der Waals surface area (Å²) in [4.78, 5) is 30.5. The van der Waals surface area contributed by atoms with Crippen LogP contribution in [0.5, 0.6) is 11.5 Å². The molecule has 0 spiro atoms. The first-order valence-corrected chi connectivity index (χ1v) is 15.0. The summed E-state index contributed by atoms with van der Waals surface area (Å²) < 4.78 is 13.1. The van der Waals surface area contributed by atoms with Crippen LogP contribution in [-0.4, -0.2) is 30.2 Å². The molecule has 1 aliphatic heterocycles. The van der Waals surface area contributed by atoms with E-state index in [9.17, 15) is 9.59 Å². The Bertz CT molecular complexity index is 1550. The van der Waals surface area contributed by atoms with E-state index in [1.54, 1.807) is 12.1 Å². The zero-order chi connectivity index (χ0) is 29.0. The van der Waals surface area contributed by atoms with Gasteiger partial charge >= 0.3 is 0 Å². The fraction of sp³-hybridized carbons (Fsp3) is 0.233. The van der Waals surface area contributed by atoms with Crippen molar-refractivity contribution in [1.82, 2.24) is 5.32 Å². The van der Waals surface area contributed by atoms with Crippen LogP contribution in [0.25, 0.3) is 6.08 Å². The fourth-order valence-electron chi connectivity index (χ4n) is 3.95. The molecule has 2 N–H and O–H groups in total. The summed E-state index contributed by atoms with van der Waals surface area (Å²) >= 11 is 8.32. The molecule has 1 saturated heterocycles. The summed E-state index contributed by atoms with van der Waals surface area (Å²) in [7, 11) is 0. The number of amidine groups is 1. The maximum Gasteiger partial charge on any atom is 0.264 e. The van der Waals surface area contributed by atoms with Crippen molar-refractivity contribution in [3.05, 3.63) is 84.1 Å². The summed E-state index contributed by atoms with van der Waals surface area (Å²) in [5, 5.41) is 6.23. The number of carbonyl (C=O) groups is 2. The summed E-state index contributed by atoms with van der Waals surface area (Å²) in [6.07, 6.45) is 1.77. The lowest BCUT2D eigenvalue weighted by atomic mass is 10.1. The largest absolute Gasteiger partial charge is 0.490 e. The predicted molar refractivity (Wildman–Crippen MR) is 170 cm³/mol. The van der Waals surface area contributed by atoms with E-state index in [2.05, 4.69) is 53.6 Å². The average Bonchev–Trinajstić information content (AvgIpc) is 3.22. The molecule has 0 saturated carbocycles. The highest BCUT2D eigenvalue weighted by molar-refractivity contribution is 9.11. The fourth-order valence-corrected chi connectivity index (χ4v) is 5.91. The molecule has 4 rings (SSSR count). The number of carbonyl (C=O) groups excluding carboxylic acids is 2. The number of nitrogens with zero attached hydrogens (tertiary/aromatic N) is 1. The van der Waals surface area contributed by atoms with Crippen LogP contribution in [0.4, 0.5) is 11.4 Å². The minimum Gasteiger partial charge on any atom is -0.490 e. The summed E-state index contributed by atoms with van der Waals surface area (Å²) in [5.41, 5.74) is 6.61. The molecule has 1 fully saturated rings. The van der Waals surface area contributed by atoms with Crippen LogP contribution in [0, 0.1) is 27.7 Å². The number of rotatable bonds is 8. The number of thioether (sulfide) groups is 1. The minimum absolute atomic E-state index is 0.213. The van der Waals surface area contributed by atoms with Crippen molar-refractivity contribution in [2.45, 2.75) is 34.6 Å². The Morgan fingerprint density at radius 1 is 1.00 bits per heavy atom. The van der Waals surface area contributed by atoms with Gasteiger partial charge in [0.05, 0.1) is 27.4 Å². The van der Waals surface area contributed by atoms with Crippen LogP contribution in [0.15, 0.2) is 61.3 Å². The first-order chi connectivity index (χ1) is 19.0. The lowest BCUT2D eigenvalue weighted by Crippen LogP contribution is -2.21. The number of benzene rings is 3. The number of amides is 2. The van der Waals surface area contributed by atoms with Crippen molar-refractivity contribution in [2.24, 2.45) is 4.99 Å². The highest BCUT2D eigenvalue weighted by Gasteiger charge is 2.24. The van der Waals surface area contributed by atoms with Gasteiger partial charge in [0, 0.05) is 4.47 Å². The molecule has 0 unspecified atom stereocenters. The van der Waals surface area contributed by atoms with Gasteiger partial charge < -0.3 is 20.1 Å². The molecule has 0 aliphatic carbocycles. The number of halogens is 2. The van der Waals surface area contributed by atoms with Crippen molar-refractivity contribution in [2.75, 3.05) is 18.5 Å². The molecule has 0 radical (unpaired) electrons. The van der Waals surface area contributed by atoms with Crippen molar-refractivity contribution in [3.8, 4) is 11.5 Å². The average molecular weight is 687 g/mol. The lowest BCUT2D eigenvalue weighted by molar-refractivity contribution is -0.118. The SMILES string of the molecule is CCOc1cc(/C=C2/SC(=Nc3ccc(C)cc3C)NC2=O)cc(Br)c1OCC(=O)Nc1cc(C)c(C)cc1Br. The van der Waals surface area contributed by atoms with Crippen LogP contribution in [0.3, 0.4) is 0 Å². The lowest BCUT2D eigenvalue weighted by Gasteiger charge is -2.15. The van der Waals surface area contributed by atoms with E-state index in [0.29, 0.717) is 38.3 Å². The molecule has 1 aliphatic rings. The molecular weight excluding hydrogens is 658 g/mol. The Morgan fingerprint density at radius 3 is 2.48 bits per heavy atom. The molecule has 2 amide bonds. The Balaban J connectivity index is 1.50. The third-order valence-electron chi connectivity index (χ3n) is 6.06. The zero-order valence-electron chi connectivity index (χ0n) is 22.8. The molecule has 3 aromatic rings. The molecule has 0 bridgehead atoms. The molecular formula is C30H29Br2N3O4S. The molecule has 208 valence electrons. The Morgan fingerprint density at radius 2 is 1.75 bits per heavy atom. The van der Waals surface area contributed by atoms with E-state index in [1.807, 2.05) is 65.0 Å². The van der Waals surface area contributed by atoms with Gasteiger partial charge in [0.25, 0.3) is 11.8 Å². The Hall–Kier alpha value is -3.08. The number of anilines is 1. The van der Waals surface area contributed by atoms with Gasteiger partial charge in [0.15, 0.2) is 23.3 Å². The second-order valence-corrected chi connectivity index (χ2v) is 12.0. The molecule has 7 nitrogen and oxygen atoms in total. The van der Waals surface area contributed by atoms with Gasteiger partial charge in [-0.05, 0) is 137 Å². The molecule has 0 aromatic heterocycles. The van der Waals surface area contributed by atoms with Crippen molar-refractivity contribution >= 4 is 78.1 Å². The zero-order valence-corrected chi connectivity index (χ0v) is 26.8. The van der Waals surface area contributed by atoms with E-state index in [4.69, 9.17) is 9.47 Å². The Kier molecular flexibility index (Phi) is 9.76. The highest BCUT2D eigenvalue weighted by Crippen LogP contribution is 2.39. The summed E-state index contributed by atoms with van der Waals surface area (Å²) in [6.45, 7) is 10.1. The quantitative estimate of drug-likeness (QED) is 0.237. The number of ether oxygens (including phenoxy) is 2. The predicted octanol–water partition coefficient (Wildman–Crippen LogP) is 7.75. The van der Waals surface area contributed by atoms with Gasteiger partial charge in [0.2, 0.25) is 0 Å². The molecule has 0 atom stereocenters. The maximum absolute atomic E-state index is 12.7. The highest BCUT2D eigenvalue weighted by atomic mass is 79.9. The normalized spacial score (nSPS) is 14.9. The third-order valence-corrected chi connectivity index (χ3v) is 8.21.